The molecule has 0 aromatic heterocycles. The highest BCUT2D eigenvalue weighted by atomic mass is 15.2. The molecule has 1 unspecified atom stereocenters. The highest BCUT2D eigenvalue weighted by Crippen LogP contribution is 2.34. The van der Waals surface area contributed by atoms with Crippen molar-refractivity contribution in [2.45, 2.75) is 44.6 Å². The quantitative estimate of drug-likeness (QED) is 0.497. The molecular formula is C16H27N3. The maximum atomic E-state index is 5.85. The smallest absolute Gasteiger partial charge is 0.0488 e. The predicted molar refractivity (Wildman–Crippen MR) is 82.0 cm³/mol. The minimum Gasteiger partial charge on any atom is -0.378 e. The van der Waals surface area contributed by atoms with E-state index in [2.05, 4.69) is 48.7 Å². The molecule has 1 atom stereocenters. The summed E-state index contributed by atoms with van der Waals surface area (Å²) >= 11 is 0. The van der Waals surface area contributed by atoms with E-state index < -0.39 is 0 Å². The van der Waals surface area contributed by atoms with Gasteiger partial charge < -0.3 is 4.90 Å². The van der Waals surface area contributed by atoms with Gasteiger partial charge in [-0.25, -0.2) is 0 Å². The molecule has 19 heavy (non-hydrogen) atoms. The highest BCUT2D eigenvalue weighted by Gasteiger charge is 2.23. The predicted octanol–water partition coefficient (Wildman–Crippen LogP) is 3.23. The first-order valence-corrected chi connectivity index (χ1v) is 7.46. The normalized spacial score (nSPS) is 18.9. The van der Waals surface area contributed by atoms with Crippen LogP contribution in [-0.4, -0.2) is 14.1 Å². The second kappa shape index (κ2) is 6.92. The van der Waals surface area contributed by atoms with Crippen LogP contribution in [0.1, 0.15) is 50.1 Å². The van der Waals surface area contributed by atoms with E-state index in [1.165, 1.54) is 49.8 Å². The van der Waals surface area contributed by atoms with E-state index in [4.69, 9.17) is 5.84 Å². The van der Waals surface area contributed by atoms with Crippen LogP contribution in [0.4, 0.5) is 5.69 Å². The van der Waals surface area contributed by atoms with Gasteiger partial charge >= 0.3 is 0 Å². The molecule has 0 radical (unpaired) electrons. The van der Waals surface area contributed by atoms with E-state index >= 15 is 0 Å². The van der Waals surface area contributed by atoms with Crippen molar-refractivity contribution in [1.29, 1.82) is 0 Å². The van der Waals surface area contributed by atoms with Crippen LogP contribution in [0.3, 0.4) is 0 Å². The fourth-order valence-corrected chi connectivity index (χ4v) is 3.15. The Morgan fingerprint density at radius 1 is 1.16 bits per heavy atom. The molecule has 2 rings (SSSR count). The molecule has 3 nitrogen and oxygen atoms in total. The van der Waals surface area contributed by atoms with Crippen LogP contribution in [0.25, 0.3) is 0 Å². The fraction of sp³-hybridized carbons (Fsp3) is 0.625. The Bertz CT molecular complexity index is 381. The summed E-state index contributed by atoms with van der Waals surface area (Å²) in [6.45, 7) is 0. The van der Waals surface area contributed by atoms with Gasteiger partial charge in [0, 0.05) is 25.8 Å². The summed E-state index contributed by atoms with van der Waals surface area (Å²) in [5.74, 6) is 6.52. The number of hydrazine groups is 1. The third-order valence-corrected chi connectivity index (χ3v) is 4.30. The maximum absolute atomic E-state index is 5.85. The van der Waals surface area contributed by atoms with Crippen molar-refractivity contribution in [3.05, 3.63) is 29.8 Å². The van der Waals surface area contributed by atoms with Crippen molar-refractivity contribution < 1.29 is 0 Å². The first-order chi connectivity index (χ1) is 9.22. The Labute approximate surface area is 117 Å². The van der Waals surface area contributed by atoms with Gasteiger partial charge in [-0.05, 0) is 36.5 Å². The largest absolute Gasteiger partial charge is 0.378 e. The average Bonchev–Trinajstić information content (AvgIpc) is 2.69. The van der Waals surface area contributed by atoms with Crippen molar-refractivity contribution in [2.75, 3.05) is 19.0 Å². The molecule has 3 heteroatoms. The van der Waals surface area contributed by atoms with Crippen molar-refractivity contribution in [3.63, 3.8) is 0 Å². The zero-order valence-corrected chi connectivity index (χ0v) is 12.2. The van der Waals surface area contributed by atoms with Gasteiger partial charge in [0.15, 0.2) is 0 Å². The Balaban J connectivity index is 2.17. The first-order valence-electron chi connectivity index (χ1n) is 7.46. The van der Waals surface area contributed by atoms with Gasteiger partial charge in [0.2, 0.25) is 0 Å². The molecule has 1 fully saturated rings. The van der Waals surface area contributed by atoms with Gasteiger partial charge in [-0.3, -0.25) is 11.3 Å². The van der Waals surface area contributed by atoms with Crippen molar-refractivity contribution in [1.82, 2.24) is 5.43 Å². The molecule has 106 valence electrons. The van der Waals surface area contributed by atoms with E-state index in [1.54, 1.807) is 0 Å². The highest BCUT2D eigenvalue weighted by molar-refractivity contribution is 5.47. The minimum atomic E-state index is 0.290. The number of rotatable bonds is 4. The van der Waals surface area contributed by atoms with Gasteiger partial charge in [-0.2, -0.15) is 0 Å². The lowest BCUT2D eigenvalue weighted by molar-refractivity contribution is 0.329. The van der Waals surface area contributed by atoms with E-state index in [9.17, 15) is 0 Å². The lowest BCUT2D eigenvalue weighted by atomic mass is 9.87. The Hall–Kier alpha value is -1.06. The van der Waals surface area contributed by atoms with Gasteiger partial charge in [-0.15, -0.1) is 0 Å². The summed E-state index contributed by atoms with van der Waals surface area (Å²) in [5.41, 5.74) is 5.63. The number of nitrogens with two attached hydrogens (primary N) is 1. The maximum Gasteiger partial charge on any atom is 0.0488 e. The van der Waals surface area contributed by atoms with Crippen LogP contribution >= 0.6 is 0 Å². The number of nitrogens with zero attached hydrogens (tertiary/aromatic N) is 1. The van der Waals surface area contributed by atoms with Crippen LogP contribution in [0.15, 0.2) is 24.3 Å². The molecule has 3 N–H and O–H groups in total. The van der Waals surface area contributed by atoms with Gasteiger partial charge in [0.05, 0.1) is 0 Å². The number of benzene rings is 1. The van der Waals surface area contributed by atoms with Crippen LogP contribution in [-0.2, 0) is 0 Å². The SMILES string of the molecule is CN(C)c1cccc(C(NN)C2CCCCCC2)c1. The van der Waals surface area contributed by atoms with Crippen molar-refractivity contribution in [2.24, 2.45) is 11.8 Å². The second-order valence-corrected chi connectivity index (χ2v) is 5.89. The molecule has 0 saturated heterocycles. The second-order valence-electron chi connectivity index (χ2n) is 5.89. The minimum absolute atomic E-state index is 0.290. The van der Waals surface area contributed by atoms with E-state index in [0.717, 1.165) is 0 Å². The van der Waals surface area contributed by atoms with Crippen LogP contribution in [0, 0.1) is 5.92 Å². The molecule has 0 spiro atoms. The Morgan fingerprint density at radius 2 is 1.84 bits per heavy atom. The molecule has 0 aliphatic heterocycles. The molecule has 1 aromatic rings. The number of hydrogen-bond donors (Lipinski definition) is 2. The first kappa shape index (κ1) is 14.4. The summed E-state index contributed by atoms with van der Waals surface area (Å²) in [7, 11) is 4.16. The summed E-state index contributed by atoms with van der Waals surface area (Å²) < 4.78 is 0. The Morgan fingerprint density at radius 3 is 2.42 bits per heavy atom. The average molecular weight is 261 g/mol. The molecular weight excluding hydrogens is 234 g/mol. The summed E-state index contributed by atoms with van der Waals surface area (Å²) in [4.78, 5) is 2.14. The van der Waals surface area contributed by atoms with Gasteiger partial charge in [0.1, 0.15) is 0 Å². The summed E-state index contributed by atoms with van der Waals surface area (Å²) in [5, 5.41) is 0. The van der Waals surface area contributed by atoms with Crippen LogP contribution < -0.4 is 16.2 Å². The molecule has 1 saturated carbocycles. The van der Waals surface area contributed by atoms with Crippen LogP contribution in [0.2, 0.25) is 0 Å². The zero-order valence-electron chi connectivity index (χ0n) is 12.2. The summed E-state index contributed by atoms with van der Waals surface area (Å²) in [6, 6.07) is 9.02. The van der Waals surface area contributed by atoms with E-state index in [1.807, 2.05) is 0 Å². The number of hydrogen-bond acceptors (Lipinski definition) is 3. The molecule has 0 amide bonds. The van der Waals surface area contributed by atoms with Crippen LogP contribution in [0.5, 0.6) is 0 Å². The molecule has 0 heterocycles. The molecule has 1 aliphatic rings. The molecule has 1 aliphatic carbocycles. The standard InChI is InChI=1S/C16H27N3/c1-19(2)15-11-7-10-14(12-15)16(18-17)13-8-5-3-4-6-9-13/h7,10-13,16,18H,3-6,8-9,17H2,1-2H3. The summed E-state index contributed by atoms with van der Waals surface area (Å²) in [6.07, 6.45) is 8.03. The van der Waals surface area contributed by atoms with E-state index in [0.29, 0.717) is 5.92 Å². The molecule has 0 bridgehead atoms. The lowest BCUT2D eigenvalue weighted by Gasteiger charge is -2.27. The number of nitrogens with one attached hydrogen (secondary N) is 1. The third kappa shape index (κ3) is 3.71. The third-order valence-electron chi connectivity index (χ3n) is 4.30. The van der Waals surface area contributed by atoms with Gasteiger partial charge in [-0.1, -0.05) is 37.8 Å². The zero-order chi connectivity index (χ0) is 13.7. The van der Waals surface area contributed by atoms with Gasteiger partial charge in [0.25, 0.3) is 0 Å². The lowest BCUT2D eigenvalue weighted by Crippen LogP contribution is -2.33. The van der Waals surface area contributed by atoms with Crippen molar-refractivity contribution >= 4 is 5.69 Å². The Kier molecular flexibility index (Phi) is 5.23. The number of anilines is 1. The van der Waals surface area contributed by atoms with Crippen molar-refractivity contribution in [3.8, 4) is 0 Å². The topological polar surface area (TPSA) is 41.3 Å². The van der Waals surface area contributed by atoms with E-state index in [-0.39, 0.29) is 6.04 Å². The monoisotopic (exact) mass is 261 g/mol. The fourth-order valence-electron chi connectivity index (χ4n) is 3.15. The molecule has 1 aromatic carbocycles.